The molecule has 0 aliphatic carbocycles. The molecule has 1 N–H and O–H groups in total. The van der Waals surface area contributed by atoms with Crippen molar-refractivity contribution in [3.05, 3.63) is 28.2 Å². The minimum atomic E-state index is -3.33. The van der Waals surface area contributed by atoms with Gasteiger partial charge in [0.2, 0.25) is 0 Å². The van der Waals surface area contributed by atoms with Crippen molar-refractivity contribution in [3.8, 4) is 0 Å². The molecule has 1 unspecified atom stereocenters. The smallest absolute Gasteiger partial charge is 0.179 e. The van der Waals surface area contributed by atoms with Gasteiger partial charge in [0, 0.05) is 6.04 Å². The zero-order valence-electron chi connectivity index (χ0n) is 9.70. The van der Waals surface area contributed by atoms with Crippen molar-refractivity contribution < 1.29 is 8.42 Å². The molecule has 0 aromatic heterocycles. The van der Waals surface area contributed by atoms with Crippen LogP contribution in [-0.2, 0) is 9.84 Å². The molecule has 0 radical (unpaired) electrons. The number of hydrogen-bond donors (Lipinski definition) is 1. The van der Waals surface area contributed by atoms with Gasteiger partial charge in [-0.05, 0) is 31.7 Å². The van der Waals surface area contributed by atoms with Crippen LogP contribution in [0.4, 0.5) is 0 Å². The van der Waals surface area contributed by atoms with Crippen molar-refractivity contribution in [2.24, 2.45) is 0 Å². The van der Waals surface area contributed by atoms with Gasteiger partial charge in [0.1, 0.15) is 0 Å². The van der Waals surface area contributed by atoms with Crippen LogP contribution in [0.1, 0.15) is 13.3 Å². The molecule has 0 aliphatic heterocycles. The molecule has 0 aliphatic rings. The zero-order chi connectivity index (χ0) is 13.1. The molecule has 0 saturated heterocycles. The second kappa shape index (κ2) is 6.05. The van der Waals surface area contributed by atoms with Crippen molar-refractivity contribution in [2.75, 3.05) is 12.8 Å². The van der Waals surface area contributed by atoms with Crippen molar-refractivity contribution in [1.82, 2.24) is 5.32 Å². The average molecular weight is 296 g/mol. The van der Waals surface area contributed by atoms with Crippen LogP contribution in [0, 0.1) is 0 Å². The molecule has 17 heavy (non-hydrogen) atoms. The van der Waals surface area contributed by atoms with Crippen LogP contribution in [0.2, 0.25) is 10.0 Å². The highest BCUT2D eigenvalue weighted by Crippen LogP contribution is 2.25. The lowest BCUT2D eigenvalue weighted by atomic mass is 10.3. The molecule has 6 heteroatoms. The summed E-state index contributed by atoms with van der Waals surface area (Å²) >= 11 is 11.6. The quantitative estimate of drug-likeness (QED) is 0.909. The first-order chi connectivity index (χ1) is 7.90. The van der Waals surface area contributed by atoms with Crippen LogP contribution in [0.3, 0.4) is 0 Å². The van der Waals surface area contributed by atoms with Gasteiger partial charge in [0.25, 0.3) is 0 Å². The SMILES string of the molecule is CCC(CS(=O)(=O)c1ccc(Cl)c(Cl)c1)NC. The maximum absolute atomic E-state index is 12.1. The molecule has 1 aromatic carbocycles. The Morgan fingerprint density at radius 3 is 2.41 bits per heavy atom. The van der Waals surface area contributed by atoms with Crippen LogP contribution in [0.15, 0.2) is 23.1 Å². The summed E-state index contributed by atoms with van der Waals surface area (Å²) in [4.78, 5) is 0.209. The molecule has 3 nitrogen and oxygen atoms in total. The van der Waals surface area contributed by atoms with Gasteiger partial charge in [-0.1, -0.05) is 30.1 Å². The number of halogens is 2. The molecule has 0 bridgehead atoms. The van der Waals surface area contributed by atoms with E-state index in [1.54, 1.807) is 7.05 Å². The van der Waals surface area contributed by atoms with Gasteiger partial charge in [-0.3, -0.25) is 0 Å². The second-order valence-corrected chi connectivity index (χ2v) is 6.60. The number of hydrogen-bond acceptors (Lipinski definition) is 3. The fourth-order valence-electron chi connectivity index (χ4n) is 1.44. The van der Waals surface area contributed by atoms with E-state index in [9.17, 15) is 8.42 Å². The van der Waals surface area contributed by atoms with Gasteiger partial charge in [-0.25, -0.2) is 8.42 Å². The van der Waals surface area contributed by atoms with E-state index in [1.807, 2.05) is 6.92 Å². The Kier molecular flexibility index (Phi) is 5.25. The third-order valence-electron chi connectivity index (χ3n) is 2.57. The van der Waals surface area contributed by atoms with E-state index < -0.39 is 9.84 Å². The standard InChI is InChI=1S/C11H15Cl2NO2S/c1-3-8(14-2)7-17(15,16)9-4-5-10(12)11(13)6-9/h4-6,8,14H,3,7H2,1-2H3. The lowest BCUT2D eigenvalue weighted by Crippen LogP contribution is -2.32. The predicted octanol–water partition coefficient (Wildman–Crippen LogP) is 2.77. The number of benzene rings is 1. The van der Waals surface area contributed by atoms with E-state index in [1.165, 1.54) is 18.2 Å². The molecule has 0 spiro atoms. The summed E-state index contributed by atoms with van der Waals surface area (Å²) in [6.45, 7) is 1.94. The Hall–Kier alpha value is -0.290. The van der Waals surface area contributed by atoms with Gasteiger partial charge in [-0.2, -0.15) is 0 Å². The summed E-state index contributed by atoms with van der Waals surface area (Å²) in [6, 6.07) is 4.31. The van der Waals surface area contributed by atoms with Crippen LogP contribution >= 0.6 is 23.2 Å². The van der Waals surface area contributed by atoms with Crippen molar-refractivity contribution in [1.29, 1.82) is 0 Å². The number of sulfone groups is 1. The molecule has 0 amide bonds. The van der Waals surface area contributed by atoms with Crippen molar-refractivity contribution >= 4 is 33.0 Å². The van der Waals surface area contributed by atoms with E-state index in [4.69, 9.17) is 23.2 Å². The minimum absolute atomic E-state index is 0.0535. The predicted molar refractivity (Wildman–Crippen MR) is 71.7 cm³/mol. The normalized spacial score (nSPS) is 13.6. The van der Waals surface area contributed by atoms with Crippen LogP contribution in [-0.4, -0.2) is 27.3 Å². The van der Waals surface area contributed by atoms with E-state index in [2.05, 4.69) is 5.32 Å². The lowest BCUT2D eigenvalue weighted by Gasteiger charge is -2.14. The molecule has 0 saturated carbocycles. The molecule has 0 fully saturated rings. The Bertz CT molecular complexity index is 484. The van der Waals surface area contributed by atoms with Crippen molar-refractivity contribution in [2.45, 2.75) is 24.3 Å². The topological polar surface area (TPSA) is 46.2 Å². The Morgan fingerprint density at radius 2 is 1.94 bits per heavy atom. The van der Waals surface area contributed by atoms with Crippen LogP contribution < -0.4 is 5.32 Å². The number of rotatable bonds is 5. The Morgan fingerprint density at radius 1 is 1.29 bits per heavy atom. The zero-order valence-corrected chi connectivity index (χ0v) is 12.0. The molecular weight excluding hydrogens is 281 g/mol. The molecule has 1 rings (SSSR count). The van der Waals surface area contributed by atoms with E-state index in [-0.39, 0.29) is 21.7 Å². The number of nitrogens with one attached hydrogen (secondary N) is 1. The lowest BCUT2D eigenvalue weighted by molar-refractivity contribution is 0.556. The highest BCUT2D eigenvalue weighted by molar-refractivity contribution is 7.91. The van der Waals surface area contributed by atoms with Gasteiger partial charge in [0.15, 0.2) is 9.84 Å². The Balaban J connectivity index is 3.01. The summed E-state index contributed by atoms with van der Waals surface area (Å²) in [6.07, 6.45) is 0.747. The average Bonchev–Trinajstić information content (AvgIpc) is 2.29. The van der Waals surface area contributed by atoms with Crippen LogP contribution in [0.25, 0.3) is 0 Å². The first-order valence-corrected chi connectivity index (χ1v) is 7.66. The fourth-order valence-corrected chi connectivity index (χ4v) is 3.50. The monoisotopic (exact) mass is 295 g/mol. The van der Waals surface area contributed by atoms with Gasteiger partial charge >= 0.3 is 0 Å². The van der Waals surface area contributed by atoms with Crippen molar-refractivity contribution in [3.63, 3.8) is 0 Å². The minimum Gasteiger partial charge on any atom is -0.316 e. The third kappa shape index (κ3) is 3.85. The largest absolute Gasteiger partial charge is 0.316 e. The molecule has 1 aromatic rings. The van der Waals surface area contributed by atoms with Gasteiger partial charge < -0.3 is 5.32 Å². The summed E-state index contributed by atoms with van der Waals surface area (Å²) < 4.78 is 24.2. The first kappa shape index (κ1) is 14.8. The molecule has 96 valence electrons. The Labute approximate surface area is 112 Å². The van der Waals surface area contributed by atoms with Crippen LogP contribution in [0.5, 0.6) is 0 Å². The first-order valence-electron chi connectivity index (χ1n) is 5.25. The summed E-state index contributed by atoms with van der Waals surface area (Å²) in [5, 5.41) is 3.57. The molecule has 1 atom stereocenters. The van der Waals surface area contributed by atoms with Gasteiger partial charge in [-0.15, -0.1) is 0 Å². The summed E-state index contributed by atoms with van der Waals surface area (Å²) in [5.41, 5.74) is 0. The highest BCUT2D eigenvalue weighted by atomic mass is 35.5. The van der Waals surface area contributed by atoms with E-state index in [0.717, 1.165) is 6.42 Å². The maximum atomic E-state index is 12.1. The molecular formula is C11H15Cl2NO2S. The fraction of sp³-hybridized carbons (Fsp3) is 0.455. The van der Waals surface area contributed by atoms with E-state index in [0.29, 0.717) is 5.02 Å². The summed E-state index contributed by atoms with van der Waals surface area (Å²) in [7, 11) is -1.58. The summed E-state index contributed by atoms with van der Waals surface area (Å²) in [5.74, 6) is 0.0535. The van der Waals surface area contributed by atoms with Gasteiger partial charge in [0.05, 0.1) is 20.7 Å². The van der Waals surface area contributed by atoms with E-state index >= 15 is 0 Å². The maximum Gasteiger partial charge on any atom is 0.179 e. The second-order valence-electron chi connectivity index (χ2n) is 3.75. The molecule has 0 heterocycles. The highest BCUT2D eigenvalue weighted by Gasteiger charge is 2.19. The third-order valence-corrected chi connectivity index (χ3v) is 5.12.